The Morgan fingerprint density at radius 1 is 1.09 bits per heavy atom. The second-order valence-corrected chi connectivity index (χ2v) is 9.40. The summed E-state index contributed by atoms with van der Waals surface area (Å²) in [6.45, 7) is 2.17. The van der Waals surface area contributed by atoms with Gasteiger partial charge in [0, 0.05) is 10.9 Å². The number of fused-ring (bicyclic) bond motifs is 5. The van der Waals surface area contributed by atoms with E-state index in [0.29, 0.717) is 44.8 Å². The molecule has 0 unspecified atom stereocenters. The van der Waals surface area contributed by atoms with E-state index < -0.39 is 6.43 Å². The first kappa shape index (κ1) is 21.8. The highest BCUT2D eigenvalue weighted by Crippen LogP contribution is 2.37. The molecule has 0 bridgehead atoms. The van der Waals surface area contributed by atoms with Gasteiger partial charge >= 0.3 is 0 Å². The second-order valence-electron chi connectivity index (χ2n) is 7.99. The quantitative estimate of drug-likeness (QED) is 0.250. The van der Waals surface area contributed by atoms with Crippen molar-refractivity contribution in [2.24, 2.45) is 0 Å². The molecule has 0 N–H and O–H groups in total. The molecule has 0 amide bonds. The zero-order valence-electron chi connectivity index (χ0n) is 18.2. The summed E-state index contributed by atoms with van der Waals surface area (Å²) in [7, 11) is 0. The third-order valence-electron chi connectivity index (χ3n) is 5.65. The molecule has 4 heterocycles. The first-order chi connectivity index (χ1) is 17.0. The SMILES string of the molecule is Cc1cc(C(F)F)nc2sc3c(ncn4nc(-c5ccc(COc6ccccc6Cl)cc5)nc34)c12. The van der Waals surface area contributed by atoms with Gasteiger partial charge in [-0.2, -0.15) is 0 Å². The summed E-state index contributed by atoms with van der Waals surface area (Å²) in [4.78, 5) is 13.9. The summed E-state index contributed by atoms with van der Waals surface area (Å²) in [5.41, 5.74) is 3.58. The molecule has 0 aliphatic heterocycles. The van der Waals surface area contributed by atoms with Crippen LogP contribution in [0.5, 0.6) is 5.75 Å². The first-order valence-corrected chi connectivity index (χ1v) is 11.9. The topological polar surface area (TPSA) is 65.2 Å². The van der Waals surface area contributed by atoms with Crippen LogP contribution in [-0.2, 0) is 6.61 Å². The maximum atomic E-state index is 13.2. The number of halogens is 3. The largest absolute Gasteiger partial charge is 0.487 e. The van der Waals surface area contributed by atoms with E-state index >= 15 is 0 Å². The maximum Gasteiger partial charge on any atom is 0.280 e. The van der Waals surface area contributed by atoms with Gasteiger partial charge in [-0.3, -0.25) is 0 Å². The number of rotatable bonds is 5. The fourth-order valence-electron chi connectivity index (χ4n) is 3.94. The van der Waals surface area contributed by atoms with Crippen LogP contribution >= 0.6 is 22.9 Å². The van der Waals surface area contributed by atoms with Crippen LogP contribution in [0.15, 0.2) is 60.9 Å². The standard InChI is InChI=1S/C25H16ClF2N5OS/c1-13-10-17(22(27)28)30-25-19(13)20-21(35-25)24-31-23(32-33(24)12-29-20)15-8-6-14(7-9-15)11-34-18-5-3-2-4-16(18)26/h2-10,12,22H,11H2,1H3. The predicted molar refractivity (Wildman–Crippen MR) is 132 cm³/mol. The Morgan fingerprint density at radius 2 is 1.89 bits per heavy atom. The van der Waals surface area contributed by atoms with E-state index in [1.807, 2.05) is 42.5 Å². The summed E-state index contributed by atoms with van der Waals surface area (Å²) in [6.07, 6.45) is -1.04. The number of alkyl halides is 2. The van der Waals surface area contributed by atoms with Gasteiger partial charge in [-0.15, -0.1) is 16.4 Å². The normalized spacial score (nSPS) is 11.8. The Morgan fingerprint density at radius 3 is 2.66 bits per heavy atom. The zero-order chi connectivity index (χ0) is 24.1. The minimum Gasteiger partial charge on any atom is -0.487 e. The molecule has 6 aromatic rings. The van der Waals surface area contributed by atoms with E-state index in [1.165, 1.54) is 17.4 Å². The molecule has 0 fully saturated rings. The molecule has 174 valence electrons. The number of nitrogens with zero attached hydrogens (tertiary/aromatic N) is 5. The lowest BCUT2D eigenvalue weighted by Crippen LogP contribution is -1.96. The molecule has 4 aromatic heterocycles. The summed E-state index contributed by atoms with van der Waals surface area (Å²) >= 11 is 7.44. The van der Waals surface area contributed by atoms with E-state index in [4.69, 9.17) is 21.3 Å². The molecule has 0 aliphatic rings. The Kier molecular flexibility index (Phi) is 5.31. The van der Waals surface area contributed by atoms with Gasteiger partial charge in [0.25, 0.3) is 6.43 Å². The van der Waals surface area contributed by atoms with Crippen molar-refractivity contribution in [3.63, 3.8) is 0 Å². The lowest BCUT2D eigenvalue weighted by Gasteiger charge is -2.08. The third-order valence-corrected chi connectivity index (χ3v) is 7.03. The van der Waals surface area contributed by atoms with Crippen molar-refractivity contribution in [3.05, 3.63) is 82.8 Å². The molecule has 0 saturated heterocycles. The van der Waals surface area contributed by atoms with Crippen molar-refractivity contribution >= 4 is 49.0 Å². The van der Waals surface area contributed by atoms with Gasteiger partial charge in [0.15, 0.2) is 11.5 Å². The highest BCUT2D eigenvalue weighted by molar-refractivity contribution is 7.26. The number of thiophene rings is 1. The van der Waals surface area contributed by atoms with Crippen LogP contribution in [0.4, 0.5) is 8.78 Å². The number of hydrogen-bond donors (Lipinski definition) is 0. The van der Waals surface area contributed by atoms with E-state index in [2.05, 4.69) is 15.1 Å². The van der Waals surface area contributed by atoms with Crippen LogP contribution in [0.1, 0.15) is 23.2 Å². The molecule has 0 spiro atoms. The Labute approximate surface area is 206 Å². The molecule has 0 aliphatic carbocycles. The Bertz CT molecular complexity index is 1720. The van der Waals surface area contributed by atoms with Crippen LogP contribution in [0.25, 0.3) is 37.5 Å². The van der Waals surface area contributed by atoms with Crippen molar-refractivity contribution in [2.45, 2.75) is 20.0 Å². The van der Waals surface area contributed by atoms with Crippen molar-refractivity contribution < 1.29 is 13.5 Å². The molecule has 6 nitrogen and oxygen atoms in total. The second kappa shape index (κ2) is 8.51. The molecular formula is C25H16ClF2N5OS. The maximum absolute atomic E-state index is 13.2. The van der Waals surface area contributed by atoms with E-state index in [0.717, 1.165) is 21.2 Å². The van der Waals surface area contributed by atoms with Gasteiger partial charge in [-0.05, 0) is 36.2 Å². The van der Waals surface area contributed by atoms with Gasteiger partial charge in [-0.25, -0.2) is 28.2 Å². The fourth-order valence-corrected chi connectivity index (χ4v) is 5.32. The van der Waals surface area contributed by atoms with Gasteiger partial charge in [0.1, 0.15) is 33.9 Å². The average Bonchev–Trinajstić information content (AvgIpc) is 3.45. The van der Waals surface area contributed by atoms with Gasteiger partial charge in [0.2, 0.25) is 0 Å². The third kappa shape index (κ3) is 3.86. The molecule has 0 saturated carbocycles. The minimum atomic E-state index is -2.63. The number of aromatic nitrogens is 5. The van der Waals surface area contributed by atoms with Gasteiger partial charge in [-0.1, -0.05) is 48.0 Å². The number of benzene rings is 2. The number of hydrogen-bond acceptors (Lipinski definition) is 6. The minimum absolute atomic E-state index is 0.238. The molecule has 0 atom stereocenters. The number of aryl methyl sites for hydroxylation is 1. The highest BCUT2D eigenvalue weighted by atomic mass is 35.5. The van der Waals surface area contributed by atoms with E-state index in [-0.39, 0.29) is 5.69 Å². The highest BCUT2D eigenvalue weighted by Gasteiger charge is 2.19. The van der Waals surface area contributed by atoms with Crippen LogP contribution in [-0.4, -0.2) is 24.6 Å². The van der Waals surface area contributed by atoms with Crippen molar-refractivity contribution in [1.82, 2.24) is 24.6 Å². The van der Waals surface area contributed by atoms with E-state index in [9.17, 15) is 8.78 Å². The molecular weight excluding hydrogens is 492 g/mol. The van der Waals surface area contributed by atoms with Crippen LogP contribution in [0.2, 0.25) is 5.02 Å². The van der Waals surface area contributed by atoms with Gasteiger partial charge < -0.3 is 4.74 Å². The number of para-hydroxylation sites is 1. The monoisotopic (exact) mass is 507 g/mol. The first-order valence-electron chi connectivity index (χ1n) is 10.7. The molecule has 35 heavy (non-hydrogen) atoms. The lowest BCUT2D eigenvalue weighted by molar-refractivity contribution is 0.146. The summed E-state index contributed by atoms with van der Waals surface area (Å²) < 4.78 is 34.6. The predicted octanol–water partition coefficient (Wildman–Crippen LogP) is 7.03. The average molecular weight is 508 g/mol. The van der Waals surface area contributed by atoms with Crippen molar-refractivity contribution in [3.8, 4) is 17.1 Å². The molecule has 6 rings (SSSR count). The zero-order valence-corrected chi connectivity index (χ0v) is 19.8. The Balaban J connectivity index is 1.34. The summed E-state index contributed by atoms with van der Waals surface area (Å²) in [6, 6.07) is 16.5. The van der Waals surface area contributed by atoms with E-state index in [1.54, 1.807) is 23.8 Å². The Hall–Kier alpha value is -3.69. The molecule has 10 heteroatoms. The van der Waals surface area contributed by atoms with Crippen LogP contribution in [0, 0.1) is 6.92 Å². The van der Waals surface area contributed by atoms with Crippen molar-refractivity contribution in [2.75, 3.05) is 0 Å². The lowest BCUT2D eigenvalue weighted by atomic mass is 10.1. The fraction of sp³-hybridized carbons (Fsp3) is 0.120. The molecule has 2 aromatic carbocycles. The van der Waals surface area contributed by atoms with Crippen LogP contribution < -0.4 is 4.74 Å². The smallest absolute Gasteiger partial charge is 0.280 e. The summed E-state index contributed by atoms with van der Waals surface area (Å²) in [5.74, 6) is 1.17. The number of ether oxygens (including phenoxy) is 1. The van der Waals surface area contributed by atoms with Crippen LogP contribution in [0.3, 0.4) is 0 Å². The number of pyridine rings is 1. The summed E-state index contributed by atoms with van der Waals surface area (Å²) in [5, 5.41) is 5.90. The van der Waals surface area contributed by atoms with Gasteiger partial charge in [0.05, 0.1) is 10.5 Å². The molecule has 0 radical (unpaired) electrons. The van der Waals surface area contributed by atoms with Crippen molar-refractivity contribution in [1.29, 1.82) is 0 Å².